The maximum Gasteiger partial charge on any atom is 0.162 e. The second-order valence-electron chi connectivity index (χ2n) is 11.1. The van der Waals surface area contributed by atoms with E-state index in [0.717, 1.165) is 37.0 Å². The van der Waals surface area contributed by atoms with Gasteiger partial charge in [-0.15, -0.1) is 10.2 Å². The fourth-order valence-electron chi connectivity index (χ4n) is 8.32. The number of hydrogen-bond acceptors (Lipinski definition) is 5. The van der Waals surface area contributed by atoms with E-state index in [4.69, 9.17) is 0 Å². The predicted molar refractivity (Wildman–Crippen MR) is 109 cm³/mol. The molecule has 0 unspecified atom stereocenters. The summed E-state index contributed by atoms with van der Waals surface area (Å²) in [6.45, 7) is 4.72. The van der Waals surface area contributed by atoms with Crippen LogP contribution in [0.5, 0.6) is 0 Å². The van der Waals surface area contributed by atoms with Crippen LogP contribution in [0.2, 0.25) is 0 Å². The zero-order chi connectivity index (χ0) is 20.2. The van der Waals surface area contributed by atoms with Gasteiger partial charge in [-0.2, -0.15) is 4.80 Å². The summed E-state index contributed by atoms with van der Waals surface area (Å²) < 4.78 is 0. The van der Waals surface area contributed by atoms with E-state index >= 15 is 0 Å². The first-order valence-corrected chi connectivity index (χ1v) is 11.8. The van der Waals surface area contributed by atoms with Gasteiger partial charge in [-0.05, 0) is 105 Å². The minimum absolute atomic E-state index is 0.129. The molecule has 8 atom stereocenters. The molecule has 1 N–H and O–H groups in total. The SMILES string of the molecule is C[C@@]1(O)CC[C@H]2[C@H](CC[C@@H]3[C@@H]2CC[C@]2(C)[C@@H](C(=O)Cn4ncnn4)CCC[C@@H]32)C1. The molecule has 0 spiro atoms. The van der Waals surface area contributed by atoms with Gasteiger partial charge in [0.2, 0.25) is 0 Å². The van der Waals surface area contributed by atoms with Gasteiger partial charge in [0.1, 0.15) is 6.54 Å². The molecule has 4 saturated carbocycles. The summed E-state index contributed by atoms with van der Waals surface area (Å²) in [7, 11) is 0. The molecular formula is C23H36N4O2. The largest absolute Gasteiger partial charge is 0.390 e. The first-order valence-electron chi connectivity index (χ1n) is 11.8. The van der Waals surface area contributed by atoms with Gasteiger partial charge in [0.25, 0.3) is 0 Å². The van der Waals surface area contributed by atoms with Crippen LogP contribution in [0, 0.1) is 40.9 Å². The molecule has 1 aromatic rings. The van der Waals surface area contributed by atoms with E-state index in [1.165, 1.54) is 56.1 Å². The van der Waals surface area contributed by atoms with Crippen LogP contribution < -0.4 is 0 Å². The predicted octanol–water partition coefficient (Wildman–Crippen LogP) is 3.65. The smallest absolute Gasteiger partial charge is 0.162 e. The van der Waals surface area contributed by atoms with Crippen LogP contribution in [0.25, 0.3) is 0 Å². The summed E-state index contributed by atoms with van der Waals surface area (Å²) >= 11 is 0. The van der Waals surface area contributed by atoms with E-state index in [0.29, 0.717) is 17.6 Å². The number of carbonyl (C=O) groups excluding carboxylic acids is 1. The zero-order valence-electron chi connectivity index (χ0n) is 18.0. The standard InChI is InChI=1S/C23H36N4O2/c1-22(29)10-8-16-15(12-22)6-7-18-17(16)9-11-23(2)19(18)4-3-5-20(23)21(28)13-27-25-14-24-26-27/h14-20,29H,3-13H2,1-2H3/t15-,16+,17-,18-,19+,20-,22-,23+/m1/s1. The summed E-state index contributed by atoms with van der Waals surface area (Å²) in [5.41, 5.74) is -0.320. The Kier molecular flexibility index (Phi) is 4.84. The van der Waals surface area contributed by atoms with Crippen molar-refractivity contribution in [3.63, 3.8) is 0 Å². The van der Waals surface area contributed by atoms with Gasteiger partial charge in [0.15, 0.2) is 12.1 Å². The number of nitrogens with zero attached hydrogens (tertiary/aromatic N) is 4. The second kappa shape index (κ2) is 7.14. The van der Waals surface area contributed by atoms with E-state index in [9.17, 15) is 9.90 Å². The number of aliphatic hydroxyl groups is 1. The number of rotatable bonds is 3. The van der Waals surface area contributed by atoms with Crippen LogP contribution >= 0.6 is 0 Å². The average molecular weight is 401 g/mol. The minimum Gasteiger partial charge on any atom is -0.390 e. The maximum atomic E-state index is 13.2. The van der Waals surface area contributed by atoms with Gasteiger partial charge < -0.3 is 5.11 Å². The Labute approximate surface area is 173 Å². The lowest BCUT2D eigenvalue weighted by Gasteiger charge is -2.60. The highest BCUT2D eigenvalue weighted by molar-refractivity contribution is 5.81. The fourth-order valence-corrected chi connectivity index (χ4v) is 8.32. The number of tetrazole rings is 1. The molecule has 160 valence electrons. The van der Waals surface area contributed by atoms with Crippen molar-refractivity contribution in [3.8, 4) is 0 Å². The van der Waals surface area contributed by atoms with E-state index in [1.54, 1.807) is 0 Å². The van der Waals surface area contributed by atoms with Crippen molar-refractivity contribution in [1.29, 1.82) is 0 Å². The molecule has 0 saturated heterocycles. The number of hydrogen-bond donors (Lipinski definition) is 1. The van der Waals surface area contributed by atoms with Gasteiger partial charge in [0, 0.05) is 5.92 Å². The summed E-state index contributed by atoms with van der Waals surface area (Å²) in [5.74, 6) is 4.22. The lowest BCUT2D eigenvalue weighted by molar-refractivity contribution is -0.148. The zero-order valence-corrected chi connectivity index (χ0v) is 18.0. The van der Waals surface area contributed by atoms with E-state index in [1.807, 2.05) is 6.92 Å². The topological polar surface area (TPSA) is 80.9 Å². The quantitative estimate of drug-likeness (QED) is 0.837. The summed E-state index contributed by atoms with van der Waals surface area (Å²) in [6.07, 6.45) is 13.1. The molecule has 6 nitrogen and oxygen atoms in total. The first kappa shape index (κ1) is 19.7. The number of aromatic nitrogens is 4. The van der Waals surface area contributed by atoms with Crippen LogP contribution in [-0.2, 0) is 11.3 Å². The van der Waals surface area contributed by atoms with Crippen molar-refractivity contribution < 1.29 is 9.90 Å². The van der Waals surface area contributed by atoms with E-state index in [2.05, 4.69) is 22.3 Å². The normalized spacial score (nSPS) is 47.0. The molecule has 0 radical (unpaired) electrons. The van der Waals surface area contributed by atoms with Gasteiger partial charge >= 0.3 is 0 Å². The molecule has 29 heavy (non-hydrogen) atoms. The Morgan fingerprint density at radius 1 is 1.07 bits per heavy atom. The van der Waals surface area contributed by atoms with Crippen molar-refractivity contribution in [2.24, 2.45) is 40.9 Å². The third-order valence-electron chi connectivity index (χ3n) is 9.56. The fraction of sp³-hybridized carbons (Fsp3) is 0.913. The van der Waals surface area contributed by atoms with Crippen molar-refractivity contribution in [2.45, 2.75) is 90.2 Å². The van der Waals surface area contributed by atoms with Crippen LogP contribution in [0.15, 0.2) is 6.33 Å². The molecular weight excluding hydrogens is 364 g/mol. The third kappa shape index (κ3) is 3.35. The summed E-state index contributed by atoms with van der Waals surface area (Å²) in [6, 6.07) is 0. The molecule has 4 aliphatic rings. The lowest BCUT2D eigenvalue weighted by atomic mass is 9.44. The number of Topliss-reactive ketones (excluding diaryl/α,β-unsaturated/α-hetero) is 1. The number of ketones is 1. The van der Waals surface area contributed by atoms with E-state index in [-0.39, 0.29) is 17.9 Å². The highest BCUT2D eigenvalue weighted by Gasteiger charge is 2.57. The Bertz CT molecular complexity index is 748. The molecule has 4 aliphatic carbocycles. The van der Waals surface area contributed by atoms with Crippen LogP contribution in [-0.4, -0.2) is 36.7 Å². The molecule has 0 amide bonds. The van der Waals surface area contributed by atoms with Gasteiger partial charge in [-0.3, -0.25) is 4.79 Å². The Morgan fingerprint density at radius 2 is 1.90 bits per heavy atom. The highest BCUT2D eigenvalue weighted by atomic mass is 16.3. The van der Waals surface area contributed by atoms with Crippen LogP contribution in [0.3, 0.4) is 0 Å². The third-order valence-corrected chi connectivity index (χ3v) is 9.56. The number of fused-ring (bicyclic) bond motifs is 5. The minimum atomic E-state index is -0.449. The van der Waals surface area contributed by atoms with Crippen molar-refractivity contribution in [3.05, 3.63) is 6.33 Å². The van der Waals surface area contributed by atoms with Crippen molar-refractivity contribution in [2.75, 3.05) is 0 Å². The highest BCUT2D eigenvalue weighted by Crippen LogP contribution is 2.63. The van der Waals surface area contributed by atoms with Gasteiger partial charge in [-0.1, -0.05) is 13.3 Å². The molecule has 4 fully saturated rings. The molecule has 5 rings (SSSR count). The summed E-state index contributed by atoms with van der Waals surface area (Å²) in [4.78, 5) is 14.7. The Hall–Kier alpha value is -1.30. The molecule has 1 aromatic heterocycles. The molecule has 0 bridgehead atoms. The average Bonchev–Trinajstić information content (AvgIpc) is 3.18. The Balaban J connectivity index is 1.34. The number of carbonyl (C=O) groups is 1. The maximum absolute atomic E-state index is 13.2. The molecule has 6 heteroatoms. The van der Waals surface area contributed by atoms with E-state index < -0.39 is 5.60 Å². The molecule has 1 heterocycles. The Morgan fingerprint density at radius 3 is 2.69 bits per heavy atom. The lowest BCUT2D eigenvalue weighted by Crippen LogP contribution is -2.55. The monoisotopic (exact) mass is 400 g/mol. The van der Waals surface area contributed by atoms with Crippen molar-refractivity contribution >= 4 is 5.78 Å². The van der Waals surface area contributed by atoms with Crippen LogP contribution in [0.4, 0.5) is 0 Å². The first-order chi connectivity index (χ1) is 13.9. The van der Waals surface area contributed by atoms with Gasteiger partial charge in [0.05, 0.1) is 5.60 Å². The van der Waals surface area contributed by atoms with Crippen LogP contribution in [0.1, 0.15) is 78.1 Å². The van der Waals surface area contributed by atoms with Gasteiger partial charge in [-0.25, -0.2) is 0 Å². The van der Waals surface area contributed by atoms with Crippen molar-refractivity contribution in [1.82, 2.24) is 20.2 Å². The molecule has 0 aromatic carbocycles. The molecule has 0 aliphatic heterocycles. The second-order valence-corrected chi connectivity index (χ2v) is 11.1. The summed E-state index contributed by atoms with van der Waals surface area (Å²) in [5, 5.41) is 22.3.